The monoisotopic (exact) mass is 340 g/mol. The first-order valence-electron chi connectivity index (χ1n) is 6.01. The fourth-order valence-corrected chi connectivity index (χ4v) is 3.33. The van der Waals surface area contributed by atoms with Gasteiger partial charge < -0.3 is 15.0 Å². The van der Waals surface area contributed by atoms with Crippen molar-refractivity contribution in [3.8, 4) is 0 Å². The summed E-state index contributed by atoms with van der Waals surface area (Å²) in [6, 6.07) is 4.04. The molecule has 4 nitrogen and oxygen atoms in total. The van der Waals surface area contributed by atoms with Crippen LogP contribution >= 0.6 is 27.3 Å². The third-order valence-electron chi connectivity index (χ3n) is 3.04. The van der Waals surface area contributed by atoms with E-state index in [4.69, 9.17) is 10.5 Å². The Kier molecular flexibility index (Phi) is 3.36. The molecule has 1 fully saturated rings. The topological polar surface area (TPSA) is 57.3 Å². The van der Waals surface area contributed by atoms with Crippen LogP contribution in [-0.2, 0) is 11.3 Å². The summed E-state index contributed by atoms with van der Waals surface area (Å²) in [5.74, 6) is -0.316. The van der Waals surface area contributed by atoms with Gasteiger partial charge in [0.15, 0.2) is 0 Å². The van der Waals surface area contributed by atoms with Gasteiger partial charge in [-0.05, 0) is 46.3 Å². The number of nitrogens with zero attached hydrogens (tertiary/aromatic N) is 1. The van der Waals surface area contributed by atoms with Gasteiger partial charge in [0.2, 0.25) is 0 Å². The highest BCUT2D eigenvalue weighted by Gasteiger charge is 2.28. The van der Waals surface area contributed by atoms with Crippen LogP contribution in [0.25, 0.3) is 0 Å². The predicted octanol–water partition coefficient (Wildman–Crippen LogP) is 3.59. The summed E-state index contributed by atoms with van der Waals surface area (Å²) in [6.45, 7) is 0.285. The minimum absolute atomic E-state index is 0.285. The molecule has 0 amide bonds. The van der Waals surface area contributed by atoms with Gasteiger partial charge in [-0.15, -0.1) is 11.3 Å². The van der Waals surface area contributed by atoms with Crippen molar-refractivity contribution < 1.29 is 9.53 Å². The Hall–Kier alpha value is -1.27. The first-order chi connectivity index (χ1) is 9.15. The number of halogens is 1. The third kappa shape index (κ3) is 2.69. The van der Waals surface area contributed by atoms with Crippen LogP contribution in [0.1, 0.15) is 34.2 Å². The van der Waals surface area contributed by atoms with E-state index in [9.17, 15) is 4.79 Å². The van der Waals surface area contributed by atoms with Gasteiger partial charge >= 0.3 is 5.97 Å². The first kappa shape index (κ1) is 12.7. The van der Waals surface area contributed by atoms with E-state index in [0.717, 1.165) is 22.2 Å². The lowest BCUT2D eigenvalue weighted by molar-refractivity contribution is 0.0463. The van der Waals surface area contributed by atoms with Crippen molar-refractivity contribution in [2.75, 3.05) is 5.73 Å². The van der Waals surface area contributed by atoms with Crippen LogP contribution < -0.4 is 5.73 Å². The minimum atomic E-state index is -0.316. The summed E-state index contributed by atoms with van der Waals surface area (Å²) in [6.07, 6.45) is 4.02. The fourth-order valence-electron chi connectivity index (χ4n) is 1.95. The van der Waals surface area contributed by atoms with Crippen LogP contribution in [0.2, 0.25) is 0 Å². The van der Waals surface area contributed by atoms with Gasteiger partial charge in [-0.25, -0.2) is 4.79 Å². The van der Waals surface area contributed by atoms with E-state index in [-0.39, 0.29) is 12.6 Å². The Labute approximate surface area is 123 Å². The molecule has 0 aromatic carbocycles. The highest BCUT2D eigenvalue weighted by atomic mass is 79.9. The fraction of sp³-hybridized carbons (Fsp3) is 0.308. The van der Waals surface area contributed by atoms with Crippen molar-refractivity contribution in [1.29, 1.82) is 0 Å². The highest BCUT2D eigenvalue weighted by Crippen LogP contribution is 2.37. The molecule has 2 aromatic heterocycles. The molecule has 2 N–H and O–H groups in total. The van der Waals surface area contributed by atoms with E-state index < -0.39 is 0 Å². The molecule has 1 saturated carbocycles. The summed E-state index contributed by atoms with van der Waals surface area (Å²) < 4.78 is 8.26. The number of nitrogen functional groups attached to an aromatic ring is 1. The highest BCUT2D eigenvalue weighted by molar-refractivity contribution is 9.10. The average Bonchev–Trinajstić information content (AvgIpc) is 3.04. The number of thiophene rings is 1. The standard InChI is InChI=1S/C13H13BrN2O2S/c14-10-3-4-19-12(10)7-18-13(17)11-5-8(15)6-16(11)9-1-2-9/h3-6,9H,1-2,7,15H2. The van der Waals surface area contributed by atoms with Crippen molar-refractivity contribution in [3.05, 3.63) is 38.8 Å². The molecule has 1 aliphatic rings. The molecule has 0 unspecified atom stereocenters. The van der Waals surface area contributed by atoms with Crippen LogP contribution in [0.5, 0.6) is 0 Å². The van der Waals surface area contributed by atoms with Gasteiger partial charge in [0.1, 0.15) is 12.3 Å². The molecule has 0 aliphatic heterocycles. The summed E-state index contributed by atoms with van der Waals surface area (Å²) in [5.41, 5.74) is 6.92. The smallest absolute Gasteiger partial charge is 0.355 e. The van der Waals surface area contributed by atoms with Gasteiger partial charge in [0.25, 0.3) is 0 Å². The molecule has 1 aliphatic carbocycles. The lowest BCUT2D eigenvalue weighted by Gasteiger charge is -2.07. The zero-order valence-corrected chi connectivity index (χ0v) is 12.5. The molecule has 2 aromatic rings. The van der Waals surface area contributed by atoms with Crippen LogP contribution in [0.3, 0.4) is 0 Å². The average molecular weight is 341 g/mol. The van der Waals surface area contributed by atoms with Gasteiger partial charge in [0, 0.05) is 16.7 Å². The van der Waals surface area contributed by atoms with Crippen molar-refractivity contribution in [2.45, 2.75) is 25.5 Å². The number of carbonyl (C=O) groups excluding carboxylic acids is 1. The molecule has 0 saturated heterocycles. The number of hydrogen-bond donors (Lipinski definition) is 1. The molecular formula is C13H13BrN2O2S. The second-order valence-corrected chi connectivity index (χ2v) is 6.42. The lowest BCUT2D eigenvalue weighted by atomic mass is 10.4. The first-order valence-corrected chi connectivity index (χ1v) is 7.69. The Balaban J connectivity index is 1.72. The summed E-state index contributed by atoms with van der Waals surface area (Å²) >= 11 is 4.98. The molecule has 0 bridgehead atoms. The van der Waals surface area contributed by atoms with Crippen molar-refractivity contribution >= 4 is 38.9 Å². The number of anilines is 1. The summed E-state index contributed by atoms with van der Waals surface area (Å²) in [7, 11) is 0. The number of hydrogen-bond acceptors (Lipinski definition) is 4. The van der Waals surface area contributed by atoms with Crippen LogP contribution in [0.4, 0.5) is 5.69 Å². The maximum atomic E-state index is 12.1. The van der Waals surface area contributed by atoms with Crippen molar-refractivity contribution in [2.24, 2.45) is 0 Å². The van der Waals surface area contributed by atoms with E-state index in [1.54, 1.807) is 17.4 Å². The molecule has 0 spiro atoms. The molecule has 100 valence electrons. The van der Waals surface area contributed by atoms with E-state index in [2.05, 4.69) is 15.9 Å². The van der Waals surface area contributed by atoms with Crippen LogP contribution in [-0.4, -0.2) is 10.5 Å². The zero-order chi connectivity index (χ0) is 13.4. The van der Waals surface area contributed by atoms with E-state index >= 15 is 0 Å². The molecule has 0 radical (unpaired) electrons. The summed E-state index contributed by atoms with van der Waals surface area (Å²) in [4.78, 5) is 13.1. The maximum absolute atomic E-state index is 12.1. The molecule has 3 rings (SSSR count). The predicted molar refractivity (Wildman–Crippen MR) is 78.3 cm³/mol. The van der Waals surface area contributed by atoms with Crippen molar-refractivity contribution in [3.63, 3.8) is 0 Å². The van der Waals surface area contributed by atoms with E-state index in [0.29, 0.717) is 17.4 Å². The normalized spacial score (nSPS) is 14.6. The van der Waals surface area contributed by atoms with Gasteiger partial charge in [-0.1, -0.05) is 0 Å². The van der Waals surface area contributed by atoms with Crippen LogP contribution in [0, 0.1) is 0 Å². The lowest BCUT2D eigenvalue weighted by Crippen LogP contribution is -2.10. The Morgan fingerprint density at radius 3 is 3.00 bits per heavy atom. The number of ether oxygens (including phenoxy) is 1. The van der Waals surface area contributed by atoms with E-state index in [1.807, 2.05) is 22.2 Å². The van der Waals surface area contributed by atoms with Gasteiger partial charge in [-0.3, -0.25) is 0 Å². The SMILES string of the molecule is Nc1cc(C(=O)OCc2sccc2Br)n(C2CC2)c1. The zero-order valence-electron chi connectivity index (χ0n) is 10.1. The largest absolute Gasteiger partial charge is 0.455 e. The van der Waals surface area contributed by atoms with Gasteiger partial charge in [-0.2, -0.15) is 0 Å². The second kappa shape index (κ2) is 5.02. The molecular weight excluding hydrogens is 328 g/mol. The Morgan fingerprint density at radius 2 is 2.37 bits per heavy atom. The minimum Gasteiger partial charge on any atom is -0.455 e. The Bertz CT molecular complexity index is 616. The van der Waals surface area contributed by atoms with Gasteiger partial charge in [0.05, 0.1) is 10.6 Å². The second-order valence-electron chi connectivity index (χ2n) is 4.56. The number of rotatable bonds is 4. The van der Waals surface area contributed by atoms with E-state index in [1.165, 1.54) is 0 Å². The number of aromatic nitrogens is 1. The number of esters is 1. The Morgan fingerprint density at radius 1 is 1.58 bits per heavy atom. The molecule has 6 heteroatoms. The molecule has 19 heavy (non-hydrogen) atoms. The third-order valence-corrected chi connectivity index (χ3v) is 4.94. The summed E-state index contributed by atoms with van der Waals surface area (Å²) in [5, 5.41) is 1.96. The number of nitrogens with two attached hydrogens (primary N) is 1. The quantitative estimate of drug-likeness (QED) is 0.865. The number of carbonyl (C=O) groups is 1. The van der Waals surface area contributed by atoms with Crippen molar-refractivity contribution in [1.82, 2.24) is 4.57 Å². The maximum Gasteiger partial charge on any atom is 0.355 e. The molecule has 0 atom stereocenters. The molecule has 2 heterocycles. The van der Waals surface area contributed by atoms with Crippen LogP contribution in [0.15, 0.2) is 28.2 Å².